The predicted octanol–water partition coefficient (Wildman–Crippen LogP) is 1.81. The average molecular weight is 352 g/mol. The molecule has 0 aromatic heterocycles. The Bertz CT molecular complexity index is 619. The number of hydrogen-bond acceptors (Lipinski definition) is 4. The number of benzene rings is 1. The second-order valence-corrected chi connectivity index (χ2v) is 6.74. The molecule has 1 aromatic carbocycles. The van der Waals surface area contributed by atoms with Crippen molar-refractivity contribution in [2.75, 3.05) is 17.2 Å². The molecule has 19 heavy (non-hydrogen) atoms. The third-order valence-electron chi connectivity index (χ3n) is 2.87. The van der Waals surface area contributed by atoms with E-state index in [0.29, 0.717) is 4.47 Å². The summed E-state index contributed by atoms with van der Waals surface area (Å²) in [6.45, 7) is 0.0754. The van der Waals surface area contributed by atoms with E-state index in [4.69, 9.17) is 0 Å². The van der Waals surface area contributed by atoms with Gasteiger partial charge in [0, 0.05) is 23.4 Å². The highest BCUT2D eigenvalue weighted by molar-refractivity contribution is 9.10. The van der Waals surface area contributed by atoms with Crippen LogP contribution in [0.2, 0.25) is 0 Å². The van der Waals surface area contributed by atoms with Crippen molar-refractivity contribution < 1.29 is 22.2 Å². The van der Waals surface area contributed by atoms with Crippen LogP contribution in [-0.4, -0.2) is 31.7 Å². The fourth-order valence-electron chi connectivity index (χ4n) is 2.12. The summed E-state index contributed by atoms with van der Waals surface area (Å²) >= 11 is 3.22. The highest BCUT2D eigenvalue weighted by Gasteiger charge is 2.34. The summed E-state index contributed by atoms with van der Waals surface area (Å²) in [4.78, 5) is 13.1. The van der Waals surface area contributed by atoms with Gasteiger partial charge in [0.15, 0.2) is 0 Å². The van der Waals surface area contributed by atoms with E-state index in [1.54, 1.807) is 12.1 Å². The Kier molecular flexibility index (Phi) is 3.82. The molecule has 0 saturated carbocycles. The number of carbonyl (C=O) groups excluding carboxylic acids is 1. The smallest absolute Gasteiger partial charge is 0.302 e. The number of amides is 1. The van der Waals surface area contributed by atoms with Crippen molar-refractivity contribution in [2.24, 2.45) is 5.92 Å². The molecule has 1 saturated heterocycles. The third-order valence-corrected chi connectivity index (χ3v) is 4.23. The van der Waals surface area contributed by atoms with Crippen LogP contribution >= 0.6 is 15.9 Å². The molecular formula is C11H11BrFNO4S. The SMILES string of the molecule is O=C1CC(CS(=O)(=O)F)CN1c1cc(Br)ccc1O. The minimum absolute atomic E-state index is 0.0465. The molecule has 1 fully saturated rings. The summed E-state index contributed by atoms with van der Waals surface area (Å²) in [5.74, 6) is -1.69. The first-order chi connectivity index (χ1) is 8.76. The molecule has 0 spiro atoms. The molecule has 8 heteroatoms. The Balaban J connectivity index is 2.23. The highest BCUT2D eigenvalue weighted by atomic mass is 79.9. The summed E-state index contributed by atoms with van der Waals surface area (Å²) in [7, 11) is -4.61. The number of phenolic OH excluding ortho intramolecular Hbond substituents is 1. The van der Waals surface area contributed by atoms with Crippen LogP contribution in [0.1, 0.15) is 6.42 Å². The third kappa shape index (κ3) is 3.44. The number of anilines is 1. The lowest BCUT2D eigenvalue weighted by atomic mass is 10.1. The van der Waals surface area contributed by atoms with Gasteiger partial charge < -0.3 is 10.0 Å². The van der Waals surface area contributed by atoms with Crippen LogP contribution in [0.15, 0.2) is 22.7 Å². The predicted molar refractivity (Wildman–Crippen MR) is 71.2 cm³/mol. The van der Waals surface area contributed by atoms with E-state index in [-0.39, 0.29) is 30.3 Å². The Morgan fingerprint density at radius 2 is 2.16 bits per heavy atom. The molecule has 0 radical (unpaired) electrons. The molecule has 1 amide bonds. The van der Waals surface area contributed by atoms with Crippen molar-refractivity contribution in [1.82, 2.24) is 0 Å². The van der Waals surface area contributed by atoms with Crippen LogP contribution in [0.5, 0.6) is 5.75 Å². The second-order valence-electron chi connectivity index (χ2n) is 4.41. The van der Waals surface area contributed by atoms with Crippen LogP contribution in [0.25, 0.3) is 0 Å². The van der Waals surface area contributed by atoms with Gasteiger partial charge in [0.25, 0.3) is 0 Å². The van der Waals surface area contributed by atoms with Crippen molar-refractivity contribution in [3.63, 3.8) is 0 Å². The van der Waals surface area contributed by atoms with Crippen LogP contribution in [0.3, 0.4) is 0 Å². The van der Waals surface area contributed by atoms with Gasteiger partial charge in [0.1, 0.15) is 5.75 Å². The van der Waals surface area contributed by atoms with E-state index in [1.165, 1.54) is 11.0 Å². The number of hydrogen-bond donors (Lipinski definition) is 1. The molecule has 0 bridgehead atoms. The molecular weight excluding hydrogens is 341 g/mol. The van der Waals surface area contributed by atoms with Gasteiger partial charge >= 0.3 is 10.2 Å². The molecule has 1 unspecified atom stereocenters. The van der Waals surface area contributed by atoms with Gasteiger partial charge in [-0.2, -0.15) is 8.42 Å². The normalized spacial score (nSPS) is 20.0. The molecule has 5 nitrogen and oxygen atoms in total. The van der Waals surface area contributed by atoms with E-state index < -0.39 is 21.9 Å². The molecule has 1 atom stereocenters. The fraction of sp³-hybridized carbons (Fsp3) is 0.364. The van der Waals surface area contributed by atoms with Gasteiger partial charge in [-0.05, 0) is 18.2 Å². The highest BCUT2D eigenvalue weighted by Crippen LogP contribution is 2.34. The zero-order valence-corrected chi connectivity index (χ0v) is 12.1. The van der Waals surface area contributed by atoms with E-state index in [2.05, 4.69) is 15.9 Å². The van der Waals surface area contributed by atoms with Gasteiger partial charge in [-0.25, -0.2) is 0 Å². The summed E-state index contributed by atoms with van der Waals surface area (Å²) in [5, 5.41) is 9.72. The minimum Gasteiger partial charge on any atom is -0.506 e. The van der Waals surface area contributed by atoms with Crippen LogP contribution in [0, 0.1) is 5.92 Å². The molecule has 1 N–H and O–H groups in total. The number of nitrogens with zero attached hydrogens (tertiary/aromatic N) is 1. The number of aromatic hydroxyl groups is 1. The van der Waals surface area contributed by atoms with E-state index in [1.807, 2.05) is 0 Å². The van der Waals surface area contributed by atoms with Gasteiger partial charge in [0.2, 0.25) is 5.91 Å². The molecule has 0 aliphatic carbocycles. The van der Waals surface area contributed by atoms with E-state index in [0.717, 1.165) is 0 Å². The average Bonchev–Trinajstić information content (AvgIpc) is 2.60. The van der Waals surface area contributed by atoms with Crippen molar-refractivity contribution in [3.05, 3.63) is 22.7 Å². The summed E-state index contributed by atoms with van der Waals surface area (Å²) in [6, 6.07) is 4.59. The van der Waals surface area contributed by atoms with Crippen LogP contribution in [0.4, 0.5) is 9.57 Å². The van der Waals surface area contributed by atoms with Crippen LogP contribution < -0.4 is 4.90 Å². The maximum absolute atomic E-state index is 12.6. The number of phenols is 1. The summed E-state index contributed by atoms with van der Waals surface area (Å²) in [6.07, 6.45) is -0.0465. The van der Waals surface area contributed by atoms with E-state index >= 15 is 0 Å². The lowest BCUT2D eigenvalue weighted by molar-refractivity contribution is -0.117. The van der Waals surface area contributed by atoms with Crippen molar-refractivity contribution in [1.29, 1.82) is 0 Å². The fourth-order valence-corrected chi connectivity index (χ4v) is 3.26. The Hall–Kier alpha value is -1.15. The zero-order valence-electron chi connectivity index (χ0n) is 9.71. The monoisotopic (exact) mass is 351 g/mol. The second kappa shape index (κ2) is 5.09. The van der Waals surface area contributed by atoms with Crippen molar-refractivity contribution >= 4 is 37.7 Å². The first kappa shape index (κ1) is 14.3. The van der Waals surface area contributed by atoms with E-state index in [9.17, 15) is 22.2 Å². The maximum atomic E-state index is 12.6. The zero-order chi connectivity index (χ0) is 14.2. The van der Waals surface area contributed by atoms with Crippen molar-refractivity contribution in [2.45, 2.75) is 6.42 Å². The Labute approximate surface area is 118 Å². The number of rotatable bonds is 3. The van der Waals surface area contributed by atoms with Crippen molar-refractivity contribution in [3.8, 4) is 5.75 Å². The molecule has 1 aliphatic heterocycles. The lowest BCUT2D eigenvalue weighted by Crippen LogP contribution is -2.25. The Morgan fingerprint density at radius 3 is 2.79 bits per heavy atom. The quantitative estimate of drug-likeness (QED) is 0.842. The lowest BCUT2D eigenvalue weighted by Gasteiger charge is -2.18. The number of halogens is 2. The Morgan fingerprint density at radius 1 is 1.47 bits per heavy atom. The standard InChI is InChI=1S/C11H11BrFNO4S/c12-8-1-2-10(15)9(4-8)14-5-7(3-11(14)16)6-19(13,17)18/h1-2,4,7,15H,3,5-6H2. The topological polar surface area (TPSA) is 74.7 Å². The summed E-state index contributed by atoms with van der Waals surface area (Å²) < 4.78 is 34.5. The van der Waals surface area contributed by atoms with Gasteiger partial charge in [-0.3, -0.25) is 4.79 Å². The first-order valence-corrected chi connectivity index (χ1v) is 7.82. The van der Waals surface area contributed by atoms with Gasteiger partial charge in [-0.15, -0.1) is 3.89 Å². The summed E-state index contributed by atoms with van der Waals surface area (Å²) in [5.41, 5.74) is 0.290. The van der Waals surface area contributed by atoms with Crippen LogP contribution in [-0.2, 0) is 15.0 Å². The molecule has 2 rings (SSSR count). The molecule has 1 aromatic rings. The number of carbonyl (C=O) groups is 1. The molecule has 104 valence electrons. The molecule has 1 heterocycles. The van der Waals surface area contributed by atoms with Gasteiger partial charge in [-0.1, -0.05) is 15.9 Å². The minimum atomic E-state index is -4.61. The largest absolute Gasteiger partial charge is 0.506 e. The molecule has 1 aliphatic rings. The maximum Gasteiger partial charge on any atom is 0.302 e. The van der Waals surface area contributed by atoms with Gasteiger partial charge in [0.05, 0.1) is 11.4 Å². The first-order valence-electron chi connectivity index (χ1n) is 5.47.